The van der Waals surface area contributed by atoms with E-state index in [0.29, 0.717) is 15.8 Å². The summed E-state index contributed by atoms with van der Waals surface area (Å²) >= 11 is 4.72. The molecule has 2 heterocycles. The van der Waals surface area contributed by atoms with Gasteiger partial charge in [0.25, 0.3) is 5.56 Å². The standard InChI is InChI=1S/C23H17BrF3N3O2S/c1-2-18(20(31)29-16-5-3-4-14(10-16)23(25,26)27)30-12-28-21-19(22(30)32)17(11-33-21)13-6-8-15(24)9-7-13/h3-12,18H,2H2,1H3,(H,29,31). The lowest BCUT2D eigenvalue weighted by molar-refractivity contribution is -0.137. The Labute approximate surface area is 199 Å². The Morgan fingerprint density at radius 1 is 1.21 bits per heavy atom. The van der Waals surface area contributed by atoms with Gasteiger partial charge in [-0.2, -0.15) is 13.2 Å². The number of carbonyl (C=O) groups excluding carboxylic acids is 1. The maximum atomic E-state index is 13.4. The van der Waals surface area contributed by atoms with Crippen LogP contribution in [-0.4, -0.2) is 15.5 Å². The van der Waals surface area contributed by atoms with E-state index in [1.165, 1.54) is 34.4 Å². The summed E-state index contributed by atoms with van der Waals surface area (Å²) in [5.41, 5.74) is 0.294. The zero-order valence-corrected chi connectivity index (χ0v) is 19.6. The fourth-order valence-corrected chi connectivity index (χ4v) is 4.69. The molecule has 1 unspecified atom stereocenters. The molecular weight excluding hydrogens is 519 g/mol. The molecule has 2 aromatic carbocycles. The summed E-state index contributed by atoms with van der Waals surface area (Å²) in [6.45, 7) is 1.72. The summed E-state index contributed by atoms with van der Waals surface area (Å²) in [5.74, 6) is -0.597. The number of anilines is 1. The summed E-state index contributed by atoms with van der Waals surface area (Å²) in [7, 11) is 0. The SMILES string of the molecule is CCC(C(=O)Nc1cccc(C(F)(F)F)c1)n1cnc2scc(-c3ccc(Br)cc3)c2c1=O. The molecule has 0 radical (unpaired) electrons. The molecule has 170 valence electrons. The van der Waals surface area contributed by atoms with Crippen LogP contribution in [-0.2, 0) is 11.0 Å². The van der Waals surface area contributed by atoms with Gasteiger partial charge in [-0.05, 0) is 42.3 Å². The number of halogens is 4. The van der Waals surface area contributed by atoms with E-state index >= 15 is 0 Å². The number of alkyl halides is 3. The first-order valence-corrected chi connectivity index (χ1v) is 11.6. The molecule has 0 saturated heterocycles. The number of amides is 1. The highest BCUT2D eigenvalue weighted by atomic mass is 79.9. The van der Waals surface area contributed by atoms with Crippen molar-refractivity contribution in [3.63, 3.8) is 0 Å². The number of nitrogens with one attached hydrogen (secondary N) is 1. The van der Waals surface area contributed by atoms with Crippen molar-refractivity contribution >= 4 is 49.1 Å². The number of rotatable bonds is 5. The average Bonchev–Trinajstić information content (AvgIpc) is 3.21. The lowest BCUT2D eigenvalue weighted by Gasteiger charge is -2.18. The van der Waals surface area contributed by atoms with E-state index < -0.39 is 23.7 Å². The average molecular weight is 536 g/mol. The van der Waals surface area contributed by atoms with Crippen LogP contribution in [0.2, 0.25) is 0 Å². The third kappa shape index (κ3) is 4.72. The van der Waals surface area contributed by atoms with Gasteiger partial charge >= 0.3 is 6.18 Å². The fraction of sp³-hybridized carbons (Fsp3) is 0.174. The van der Waals surface area contributed by atoms with Crippen LogP contribution in [0.4, 0.5) is 18.9 Å². The number of fused-ring (bicyclic) bond motifs is 1. The van der Waals surface area contributed by atoms with Gasteiger partial charge in [-0.3, -0.25) is 14.2 Å². The molecule has 4 aromatic rings. The van der Waals surface area contributed by atoms with E-state index in [0.717, 1.165) is 22.2 Å². The molecular formula is C23H17BrF3N3O2S. The highest BCUT2D eigenvalue weighted by molar-refractivity contribution is 9.10. The molecule has 33 heavy (non-hydrogen) atoms. The summed E-state index contributed by atoms with van der Waals surface area (Å²) in [4.78, 5) is 31.2. The van der Waals surface area contributed by atoms with E-state index in [1.807, 2.05) is 29.6 Å². The quantitative estimate of drug-likeness (QED) is 0.317. The van der Waals surface area contributed by atoms with Gasteiger partial charge < -0.3 is 5.32 Å². The first-order chi connectivity index (χ1) is 15.7. The maximum absolute atomic E-state index is 13.4. The number of aromatic nitrogens is 2. The highest BCUT2D eigenvalue weighted by Gasteiger charge is 2.31. The van der Waals surface area contributed by atoms with Gasteiger partial charge in [0.05, 0.1) is 17.3 Å². The van der Waals surface area contributed by atoms with Crippen LogP contribution in [0, 0.1) is 0 Å². The summed E-state index contributed by atoms with van der Waals surface area (Å²) in [6.07, 6.45) is -2.97. The van der Waals surface area contributed by atoms with Gasteiger partial charge in [-0.25, -0.2) is 4.98 Å². The van der Waals surface area contributed by atoms with Gasteiger partial charge in [-0.15, -0.1) is 11.3 Å². The van der Waals surface area contributed by atoms with E-state index in [2.05, 4.69) is 26.2 Å². The van der Waals surface area contributed by atoms with E-state index in [9.17, 15) is 22.8 Å². The monoisotopic (exact) mass is 535 g/mol. The molecule has 1 amide bonds. The molecule has 0 bridgehead atoms. The molecule has 1 N–H and O–H groups in total. The molecule has 0 aliphatic rings. The van der Waals surface area contributed by atoms with Crippen molar-refractivity contribution in [2.24, 2.45) is 0 Å². The molecule has 0 fully saturated rings. The van der Waals surface area contributed by atoms with Crippen LogP contribution in [0.5, 0.6) is 0 Å². The Bertz CT molecular complexity index is 1380. The Balaban J connectivity index is 1.70. The van der Waals surface area contributed by atoms with Gasteiger partial charge in [0.15, 0.2) is 0 Å². The Morgan fingerprint density at radius 2 is 1.94 bits per heavy atom. The first kappa shape index (κ1) is 23.2. The predicted octanol–water partition coefficient (Wildman–Crippen LogP) is 6.50. The number of benzene rings is 2. The van der Waals surface area contributed by atoms with E-state index in [4.69, 9.17) is 0 Å². The smallest absolute Gasteiger partial charge is 0.324 e. The molecule has 10 heteroatoms. The normalized spacial score (nSPS) is 12.6. The number of thiophene rings is 1. The Kier molecular flexibility index (Phi) is 6.40. The third-order valence-corrected chi connectivity index (χ3v) is 6.57. The van der Waals surface area contributed by atoms with Crippen molar-refractivity contribution in [1.82, 2.24) is 9.55 Å². The molecule has 0 aliphatic carbocycles. The Morgan fingerprint density at radius 3 is 2.61 bits per heavy atom. The topological polar surface area (TPSA) is 64.0 Å². The Hall–Kier alpha value is -2.98. The minimum atomic E-state index is -4.53. The van der Waals surface area contributed by atoms with Crippen LogP contribution >= 0.6 is 27.3 Å². The second-order valence-corrected chi connectivity index (χ2v) is 9.06. The molecule has 0 spiro atoms. The molecule has 0 saturated carbocycles. The van der Waals surface area contributed by atoms with Crippen molar-refractivity contribution in [2.45, 2.75) is 25.6 Å². The molecule has 2 aromatic heterocycles. The van der Waals surface area contributed by atoms with Crippen LogP contribution in [0.25, 0.3) is 21.3 Å². The fourth-order valence-electron chi connectivity index (χ4n) is 3.52. The van der Waals surface area contributed by atoms with Crippen molar-refractivity contribution in [3.8, 4) is 11.1 Å². The van der Waals surface area contributed by atoms with Gasteiger partial charge in [0, 0.05) is 21.1 Å². The van der Waals surface area contributed by atoms with Gasteiger partial charge in [-0.1, -0.05) is 41.1 Å². The second kappa shape index (κ2) is 9.11. The summed E-state index contributed by atoms with van der Waals surface area (Å²) < 4.78 is 41.1. The van der Waals surface area contributed by atoms with E-state index in [-0.39, 0.29) is 17.7 Å². The first-order valence-electron chi connectivity index (χ1n) is 9.91. The second-order valence-electron chi connectivity index (χ2n) is 7.29. The lowest BCUT2D eigenvalue weighted by atomic mass is 10.1. The van der Waals surface area contributed by atoms with Crippen LogP contribution in [0.1, 0.15) is 24.9 Å². The minimum Gasteiger partial charge on any atom is -0.324 e. The number of hydrogen-bond donors (Lipinski definition) is 1. The third-order valence-electron chi connectivity index (χ3n) is 5.16. The summed E-state index contributed by atoms with van der Waals surface area (Å²) in [5, 5.41) is 4.74. The van der Waals surface area contributed by atoms with E-state index in [1.54, 1.807) is 6.92 Å². The molecule has 0 aliphatic heterocycles. The molecule has 5 nitrogen and oxygen atoms in total. The van der Waals surface area contributed by atoms with Gasteiger partial charge in [0.2, 0.25) is 5.91 Å². The van der Waals surface area contributed by atoms with Crippen LogP contribution in [0.15, 0.2) is 69.5 Å². The van der Waals surface area contributed by atoms with Crippen molar-refractivity contribution in [1.29, 1.82) is 0 Å². The number of nitrogens with zero attached hydrogens (tertiary/aromatic N) is 2. The van der Waals surface area contributed by atoms with Crippen LogP contribution < -0.4 is 10.9 Å². The summed E-state index contributed by atoms with van der Waals surface area (Å²) in [6, 6.07) is 10.9. The number of carbonyl (C=O) groups is 1. The zero-order chi connectivity index (χ0) is 23.8. The van der Waals surface area contributed by atoms with Crippen molar-refractivity contribution in [3.05, 3.63) is 80.6 Å². The van der Waals surface area contributed by atoms with Gasteiger partial charge in [0.1, 0.15) is 10.9 Å². The van der Waals surface area contributed by atoms with Crippen molar-refractivity contribution < 1.29 is 18.0 Å². The molecule has 4 rings (SSSR count). The number of hydrogen-bond acceptors (Lipinski definition) is 4. The minimum absolute atomic E-state index is 0.00134. The lowest BCUT2D eigenvalue weighted by Crippen LogP contribution is -2.33. The van der Waals surface area contributed by atoms with Crippen LogP contribution in [0.3, 0.4) is 0 Å². The zero-order valence-electron chi connectivity index (χ0n) is 17.2. The van der Waals surface area contributed by atoms with Crippen molar-refractivity contribution in [2.75, 3.05) is 5.32 Å². The maximum Gasteiger partial charge on any atom is 0.416 e. The largest absolute Gasteiger partial charge is 0.416 e. The predicted molar refractivity (Wildman–Crippen MR) is 126 cm³/mol. The highest BCUT2D eigenvalue weighted by Crippen LogP contribution is 2.33. The molecule has 1 atom stereocenters.